The Morgan fingerprint density at radius 2 is 1.89 bits per heavy atom. The first kappa shape index (κ1) is 12.7. The molecule has 0 heterocycles. The van der Waals surface area contributed by atoms with Crippen LogP contribution in [0.25, 0.3) is 10.8 Å². The van der Waals surface area contributed by atoms with Crippen molar-refractivity contribution in [3.63, 3.8) is 0 Å². The van der Waals surface area contributed by atoms with Gasteiger partial charge in [0.1, 0.15) is 0 Å². The minimum Gasteiger partial charge on any atom is -0.310 e. The second-order valence-corrected chi connectivity index (χ2v) is 5.87. The van der Waals surface area contributed by atoms with Crippen molar-refractivity contribution >= 4 is 10.8 Å². The lowest BCUT2D eigenvalue weighted by Crippen LogP contribution is -2.24. The third-order valence-corrected chi connectivity index (χ3v) is 4.50. The highest BCUT2D eigenvalue weighted by atomic mass is 14.9. The van der Waals surface area contributed by atoms with E-state index in [0.717, 1.165) is 12.5 Å². The van der Waals surface area contributed by atoms with E-state index in [1.807, 2.05) is 0 Å². The van der Waals surface area contributed by atoms with E-state index in [2.05, 4.69) is 54.7 Å². The van der Waals surface area contributed by atoms with Gasteiger partial charge in [0.25, 0.3) is 0 Å². The van der Waals surface area contributed by atoms with E-state index in [-0.39, 0.29) is 0 Å². The summed E-state index contributed by atoms with van der Waals surface area (Å²) in [6.45, 7) is 3.42. The van der Waals surface area contributed by atoms with Crippen LogP contribution in [-0.2, 0) is 0 Å². The van der Waals surface area contributed by atoms with Crippen molar-refractivity contribution in [2.24, 2.45) is 5.92 Å². The maximum Gasteiger partial charge on any atom is 0.0292 e. The van der Waals surface area contributed by atoms with Crippen molar-refractivity contribution in [3.05, 3.63) is 48.0 Å². The maximum atomic E-state index is 3.66. The molecule has 1 unspecified atom stereocenters. The average Bonchev–Trinajstić information content (AvgIpc) is 2.40. The highest BCUT2D eigenvalue weighted by Gasteiger charge is 2.16. The standard InChI is InChI=1S/C18H23N/c1-14(19-12-11-15-5-4-6-15)17-10-9-16-7-2-3-8-18(16)13-17/h2-3,7-10,13-15,19H,4-6,11-12H2,1H3. The Balaban J connectivity index is 1.61. The lowest BCUT2D eigenvalue weighted by Gasteiger charge is -2.26. The third kappa shape index (κ3) is 2.98. The number of benzene rings is 2. The molecule has 1 N–H and O–H groups in total. The van der Waals surface area contributed by atoms with Gasteiger partial charge in [-0.15, -0.1) is 0 Å². The van der Waals surface area contributed by atoms with E-state index in [0.29, 0.717) is 6.04 Å². The van der Waals surface area contributed by atoms with Crippen LogP contribution in [0, 0.1) is 5.92 Å². The number of hydrogen-bond donors (Lipinski definition) is 1. The smallest absolute Gasteiger partial charge is 0.0292 e. The molecule has 1 atom stereocenters. The van der Waals surface area contributed by atoms with Crippen LogP contribution >= 0.6 is 0 Å². The lowest BCUT2D eigenvalue weighted by molar-refractivity contribution is 0.288. The SMILES string of the molecule is CC(NCCC1CCC1)c1ccc2ccccc2c1. The quantitative estimate of drug-likeness (QED) is 0.815. The van der Waals surface area contributed by atoms with Gasteiger partial charge in [-0.1, -0.05) is 55.7 Å². The third-order valence-electron chi connectivity index (χ3n) is 4.50. The van der Waals surface area contributed by atoms with Crippen molar-refractivity contribution in [2.45, 2.75) is 38.6 Å². The molecule has 0 aromatic heterocycles. The van der Waals surface area contributed by atoms with Crippen molar-refractivity contribution in [1.29, 1.82) is 0 Å². The van der Waals surface area contributed by atoms with Gasteiger partial charge in [-0.05, 0) is 48.2 Å². The molecule has 0 saturated heterocycles. The summed E-state index contributed by atoms with van der Waals surface area (Å²) in [5.74, 6) is 0.997. The molecule has 0 aliphatic heterocycles. The van der Waals surface area contributed by atoms with Crippen LogP contribution in [0.2, 0.25) is 0 Å². The summed E-state index contributed by atoms with van der Waals surface area (Å²) in [5, 5.41) is 6.33. The van der Waals surface area contributed by atoms with Crippen LogP contribution in [0.5, 0.6) is 0 Å². The van der Waals surface area contributed by atoms with E-state index < -0.39 is 0 Å². The number of fused-ring (bicyclic) bond motifs is 1. The molecule has 0 spiro atoms. The first-order valence-corrected chi connectivity index (χ1v) is 7.55. The van der Waals surface area contributed by atoms with Gasteiger partial charge in [0, 0.05) is 6.04 Å². The zero-order chi connectivity index (χ0) is 13.1. The lowest BCUT2D eigenvalue weighted by atomic mass is 9.83. The molecule has 1 nitrogen and oxygen atoms in total. The van der Waals surface area contributed by atoms with Gasteiger partial charge >= 0.3 is 0 Å². The molecule has 1 heteroatoms. The summed E-state index contributed by atoms with van der Waals surface area (Å²) in [6, 6.07) is 15.8. The molecule has 3 rings (SSSR count). The summed E-state index contributed by atoms with van der Waals surface area (Å²) in [4.78, 5) is 0. The van der Waals surface area contributed by atoms with Gasteiger partial charge in [0.15, 0.2) is 0 Å². The molecule has 1 fully saturated rings. The summed E-state index contributed by atoms with van der Waals surface area (Å²) in [5.41, 5.74) is 1.40. The van der Waals surface area contributed by atoms with Gasteiger partial charge in [-0.2, -0.15) is 0 Å². The molecule has 2 aromatic carbocycles. The molecule has 1 aliphatic rings. The van der Waals surface area contributed by atoms with Crippen LogP contribution in [0.3, 0.4) is 0 Å². The first-order chi connectivity index (χ1) is 9.33. The zero-order valence-electron chi connectivity index (χ0n) is 11.7. The van der Waals surface area contributed by atoms with Gasteiger partial charge in [0.2, 0.25) is 0 Å². The summed E-state index contributed by atoms with van der Waals surface area (Å²) in [7, 11) is 0. The summed E-state index contributed by atoms with van der Waals surface area (Å²) in [6.07, 6.45) is 5.70. The molecular weight excluding hydrogens is 230 g/mol. The summed E-state index contributed by atoms with van der Waals surface area (Å²) >= 11 is 0. The van der Waals surface area contributed by atoms with Gasteiger partial charge in [0.05, 0.1) is 0 Å². The molecule has 1 aliphatic carbocycles. The van der Waals surface area contributed by atoms with Crippen LogP contribution in [0.4, 0.5) is 0 Å². The fourth-order valence-electron chi connectivity index (χ4n) is 2.88. The summed E-state index contributed by atoms with van der Waals surface area (Å²) < 4.78 is 0. The molecule has 100 valence electrons. The highest BCUT2D eigenvalue weighted by molar-refractivity contribution is 5.83. The van der Waals surface area contributed by atoms with Crippen LogP contribution in [-0.4, -0.2) is 6.54 Å². The Kier molecular flexibility index (Phi) is 3.84. The maximum absolute atomic E-state index is 3.66. The van der Waals surface area contributed by atoms with E-state index in [1.54, 1.807) is 0 Å². The topological polar surface area (TPSA) is 12.0 Å². The predicted octanol–water partition coefficient (Wildman–Crippen LogP) is 4.68. The predicted molar refractivity (Wildman–Crippen MR) is 82.3 cm³/mol. The van der Waals surface area contributed by atoms with Crippen LogP contribution in [0.15, 0.2) is 42.5 Å². The van der Waals surface area contributed by atoms with Crippen LogP contribution in [0.1, 0.15) is 44.2 Å². The minimum absolute atomic E-state index is 0.449. The molecule has 2 aromatic rings. The largest absolute Gasteiger partial charge is 0.310 e. The van der Waals surface area contributed by atoms with E-state index in [4.69, 9.17) is 0 Å². The second kappa shape index (κ2) is 5.75. The molecular formula is C18H23N. The second-order valence-electron chi connectivity index (χ2n) is 5.87. The molecule has 19 heavy (non-hydrogen) atoms. The van der Waals surface area contributed by atoms with Crippen molar-refractivity contribution in [2.75, 3.05) is 6.54 Å². The number of rotatable bonds is 5. The Morgan fingerprint density at radius 1 is 1.11 bits per heavy atom. The molecule has 1 saturated carbocycles. The van der Waals surface area contributed by atoms with Gasteiger partial charge in [-0.3, -0.25) is 0 Å². The number of hydrogen-bond acceptors (Lipinski definition) is 1. The normalized spacial score (nSPS) is 17.3. The Labute approximate surface area is 116 Å². The van der Waals surface area contributed by atoms with E-state index in [1.165, 1.54) is 42.0 Å². The first-order valence-electron chi connectivity index (χ1n) is 7.55. The van der Waals surface area contributed by atoms with Crippen molar-refractivity contribution in [3.8, 4) is 0 Å². The van der Waals surface area contributed by atoms with E-state index >= 15 is 0 Å². The highest BCUT2D eigenvalue weighted by Crippen LogP contribution is 2.29. The average molecular weight is 253 g/mol. The zero-order valence-corrected chi connectivity index (χ0v) is 11.7. The number of nitrogens with one attached hydrogen (secondary N) is 1. The van der Waals surface area contributed by atoms with Gasteiger partial charge in [-0.25, -0.2) is 0 Å². The Morgan fingerprint density at radius 3 is 2.63 bits per heavy atom. The van der Waals surface area contributed by atoms with Crippen molar-refractivity contribution < 1.29 is 0 Å². The monoisotopic (exact) mass is 253 g/mol. The van der Waals surface area contributed by atoms with Gasteiger partial charge < -0.3 is 5.32 Å². The van der Waals surface area contributed by atoms with Crippen molar-refractivity contribution in [1.82, 2.24) is 5.32 Å². The Hall–Kier alpha value is -1.34. The molecule has 0 bridgehead atoms. The Bertz CT molecular complexity index is 542. The molecule has 0 radical (unpaired) electrons. The molecule has 0 amide bonds. The van der Waals surface area contributed by atoms with E-state index in [9.17, 15) is 0 Å². The van der Waals surface area contributed by atoms with Crippen LogP contribution < -0.4 is 5.32 Å². The fraction of sp³-hybridized carbons (Fsp3) is 0.444. The fourth-order valence-corrected chi connectivity index (χ4v) is 2.88. The minimum atomic E-state index is 0.449.